The zero-order chi connectivity index (χ0) is 14.4. The molecule has 0 bridgehead atoms. The first-order valence-electron chi connectivity index (χ1n) is 8.26. The van der Waals surface area contributed by atoms with Gasteiger partial charge >= 0.3 is 0 Å². The first-order chi connectivity index (χ1) is 10.3. The summed E-state index contributed by atoms with van der Waals surface area (Å²) in [5.41, 5.74) is 0. The SMILES string of the molecule is Cn1ccnc1C1CNCCN1C(=O)C1C2CCCCC21. The van der Waals surface area contributed by atoms with Crippen molar-refractivity contribution in [1.82, 2.24) is 19.8 Å². The van der Waals surface area contributed by atoms with Crippen molar-refractivity contribution in [3.05, 3.63) is 18.2 Å². The van der Waals surface area contributed by atoms with Gasteiger partial charge in [-0.1, -0.05) is 12.8 Å². The molecule has 1 amide bonds. The molecule has 0 radical (unpaired) electrons. The van der Waals surface area contributed by atoms with Crippen molar-refractivity contribution in [3.63, 3.8) is 0 Å². The van der Waals surface area contributed by atoms with E-state index in [9.17, 15) is 4.79 Å². The maximum Gasteiger partial charge on any atom is 0.226 e. The maximum absolute atomic E-state index is 13.0. The molecule has 3 aliphatic rings. The smallest absolute Gasteiger partial charge is 0.226 e. The molecule has 1 saturated heterocycles. The van der Waals surface area contributed by atoms with E-state index in [-0.39, 0.29) is 6.04 Å². The molecule has 5 heteroatoms. The van der Waals surface area contributed by atoms with Gasteiger partial charge < -0.3 is 14.8 Å². The Bertz CT molecular complexity index is 528. The van der Waals surface area contributed by atoms with Crippen LogP contribution >= 0.6 is 0 Å². The first kappa shape index (κ1) is 13.3. The van der Waals surface area contributed by atoms with Gasteiger partial charge in [0.05, 0.1) is 0 Å². The highest BCUT2D eigenvalue weighted by molar-refractivity contribution is 5.83. The van der Waals surface area contributed by atoms with Crippen LogP contribution in [0.3, 0.4) is 0 Å². The van der Waals surface area contributed by atoms with Gasteiger partial charge in [-0.15, -0.1) is 0 Å². The second kappa shape index (κ2) is 5.13. The second-order valence-corrected chi connectivity index (χ2v) is 6.79. The summed E-state index contributed by atoms with van der Waals surface area (Å²) in [7, 11) is 2.01. The quantitative estimate of drug-likeness (QED) is 0.893. The Balaban J connectivity index is 1.54. The average Bonchev–Trinajstić information content (AvgIpc) is 3.10. The number of hydrogen-bond donors (Lipinski definition) is 1. The molecule has 1 aromatic heterocycles. The number of carbonyl (C=O) groups is 1. The number of rotatable bonds is 2. The van der Waals surface area contributed by atoms with Gasteiger partial charge in [0.15, 0.2) is 0 Å². The Labute approximate surface area is 125 Å². The number of nitrogens with zero attached hydrogens (tertiary/aromatic N) is 3. The molecule has 0 aromatic carbocycles. The highest BCUT2D eigenvalue weighted by Crippen LogP contribution is 2.56. The van der Waals surface area contributed by atoms with Crippen LogP contribution in [0.15, 0.2) is 12.4 Å². The molecule has 3 unspecified atom stereocenters. The predicted octanol–water partition coefficient (Wildman–Crippen LogP) is 1.33. The van der Waals surface area contributed by atoms with Crippen molar-refractivity contribution in [3.8, 4) is 0 Å². The Morgan fingerprint density at radius 1 is 1.33 bits per heavy atom. The standard InChI is InChI=1S/C16H24N4O/c1-19-8-7-18-15(19)13-10-17-6-9-20(13)16(21)14-11-4-2-3-5-12(11)14/h7-8,11-14,17H,2-6,9-10H2,1H3. The van der Waals surface area contributed by atoms with Crippen LogP contribution in [0.2, 0.25) is 0 Å². The van der Waals surface area contributed by atoms with Crippen LogP contribution in [-0.4, -0.2) is 40.0 Å². The number of carbonyl (C=O) groups excluding carboxylic acids is 1. The normalized spacial score (nSPS) is 35.4. The van der Waals surface area contributed by atoms with Crippen LogP contribution in [0, 0.1) is 17.8 Å². The zero-order valence-electron chi connectivity index (χ0n) is 12.7. The number of piperazine rings is 1. The summed E-state index contributed by atoms with van der Waals surface area (Å²) in [6.07, 6.45) is 8.94. The lowest BCUT2D eigenvalue weighted by Crippen LogP contribution is -2.50. The van der Waals surface area contributed by atoms with E-state index in [1.807, 2.05) is 24.0 Å². The minimum Gasteiger partial charge on any atom is -0.336 e. The average molecular weight is 288 g/mol. The summed E-state index contributed by atoms with van der Waals surface area (Å²) in [6, 6.07) is 0.0916. The molecule has 2 heterocycles. The summed E-state index contributed by atoms with van der Waals surface area (Å²) in [6.45, 7) is 2.53. The van der Waals surface area contributed by atoms with Gasteiger partial charge in [-0.05, 0) is 24.7 Å². The van der Waals surface area contributed by atoms with Gasteiger partial charge in [0.2, 0.25) is 5.91 Å². The second-order valence-electron chi connectivity index (χ2n) is 6.79. The number of hydrogen-bond acceptors (Lipinski definition) is 3. The Morgan fingerprint density at radius 3 is 2.76 bits per heavy atom. The third kappa shape index (κ3) is 2.18. The summed E-state index contributed by atoms with van der Waals surface area (Å²) >= 11 is 0. The number of imidazole rings is 1. The van der Waals surface area contributed by atoms with E-state index in [4.69, 9.17) is 0 Å². The minimum absolute atomic E-state index is 0.0916. The number of fused-ring (bicyclic) bond motifs is 1. The molecule has 1 aliphatic heterocycles. The number of aryl methyl sites for hydroxylation is 1. The fourth-order valence-electron chi connectivity index (χ4n) is 4.45. The summed E-state index contributed by atoms with van der Waals surface area (Å²) in [5.74, 6) is 3.07. The number of amides is 1. The molecule has 21 heavy (non-hydrogen) atoms. The minimum atomic E-state index is 0.0916. The molecular formula is C16H24N4O. The van der Waals surface area contributed by atoms with Gasteiger partial charge in [-0.3, -0.25) is 4.79 Å². The highest BCUT2D eigenvalue weighted by Gasteiger charge is 2.56. The first-order valence-corrected chi connectivity index (χ1v) is 8.26. The van der Waals surface area contributed by atoms with Crippen LogP contribution in [-0.2, 0) is 11.8 Å². The van der Waals surface area contributed by atoms with Crippen molar-refractivity contribution < 1.29 is 4.79 Å². The van der Waals surface area contributed by atoms with Crippen molar-refractivity contribution in [1.29, 1.82) is 0 Å². The molecule has 3 fully saturated rings. The molecule has 5 nitrogen and oxygen atoms in total. The summed E-state index contributed by atoms with van der Waals surface area (Å²) in [4.78, 5) is 19.6. The van der Waals surface area contributed by atoms with Crippen LogP contribution in [0.1, 0.15) is 37.5 Å². The molecular weight excluding hydrogens is 264 g/mol. The number of aromatic nitrogens is 2. The zero-order valence-corrected chi connectivity index (χ0v) is 12.7. The van der Waals surface area contributed by atoms with E-state index in [1.54, 1.807) is 0 Å². The van der Waals surface area contributed by atoms with E-state index in [0.29, 0.717) is 23.7 Å². The van der Waals surface area contributed by atoms with Crippen molar-refractivity contribution >= 4 is 5.91 Å². The Kier molecular flexibility index (Phi) is 3.25. The van der Waals surface area contributed by atoms with E-state index < -0.39 is 0 Å². The summed E-state index contributed by atoms with van der Waals surface area (Å²) in [5, 5.41) is 3.41. The molecule has 2 aliphatic carbocycles. The van der Waals surface area contributed by atoms with E-state index in [2.05, 4.69) is 15.2 Å². The molecule has 3 atom stereocenters. The molecule has 1 N–H and O–H groups in total. The van der Waals surface area contributed by atoms with E-state index in [0.717, 1.165) is 25.5 Å². The van der Waals surface area contributed by atoms with Gasteiger partial charge in [0.1, 0.15) is 11.9 Å². The molecule has 2 saturated carbocycles. The lowest BCUT2D eigenvalue weighted by Gasteiger charge is -2.36. The number of nitrogens with one attached hydrogen (secondary N) is 1. The van der Waals surface area contributed by atoms with Crippen molar-refractivity contribution in [2.45, 2.75) is 31.7 Å². The fraction of sp³-hybridized carbons (Fsp3) is 0.750. The van der Waals surface area contributed by atoms with Crippen LogP contribution < -0.4 is 5.32 Å². The largest absolute Gasteiger partial charge is 0.336 e. The lowest BCUT2D eigenvalue weighted by molar-refractivity contribution is -0.136. The van der Waals surface area contributed by atoms with Gasteiger partial charge in [-0.2, -0.15) is 0 Å². The molecule has 0 spiro atoms. The third-order valence-electron chi connectivity index (χ3n) is 5.62. The van der Waals surface area contributed by atoms with Crippen molar-refractivity contribution in [2.75, 3.05) is 19.6 Å². The maximum atomic E-state index is 13.0. The molecule has 4 rings (SSSR count). The van der Waals surface area contributed by atoms with Gasteiger partial charge in [0, 0.05) is 45.0 Å². The fourth-order valence-corrected chi connectivity index (χ4v) is 4.45. The van der Waals surface area contributed by atoms with Crippen LogP contribution in [0.25, 0.3) is 0 Å². The molecule has 1 aromatic rings. The van der Waals surface area contributed by atoms with E-state index >= 15 is 0 Å². The highest BCUT2D eigenvalue weighted by atomic mass is 16.2. The van der Waals surface area contributed by atoms with Crippen molar-refractivity contribution in [2.24, 2.45) is 24.8 Å². The molecule has 114 valence electrons. The monoisotopic (exact) mass is 288 g/mol. The van der Waals surface area contributed by atoms with Gasteiger partial charge in [0.25, 0.3) is 0 Å². The van der Waals surface area contributed by atoms with Crippen LogP contribution in [0.5, 0.6) is 0 Å². The predicted molar refractivity (Wildman–Crippen MR) is 79.5 cm³/mol. The van der Waals surface area contributed by atoms with Gasteiger partial charge in [-0.25, -0.2) is 4.98 Å². The van der Waals surface area contributed by atoms with E-state index in [1.165, 1.54) is 25.7 Å². The summed E-state index contributed by atoms with van der Waals surface area (Å²) < 4.78 is 2.04. The Hall–Kier alpha value is -1.36. The van der Waals surface area contributed by atoms with Crippen LogP contribution in [0.4, 0.5) is 0 Å². The lowest BCUT2D eigenvalue weighted by atomic mass is 10.0. The topological polar surface area (TPSA) is 50.2 Å². The Morgan fingerprint density at radius 2 is 2.10 bits per heavy atom. The third-order valence-corrected chi connectivity index (χ3v) is 5.62.